The zero-order valence-corrected chi connectivity index (χ0v) is 12.3. The van der Waals surface area contributed by atoms with Crippen LogP contribution in [0.2, 0.25) is 0 Å². The van der Waals surface area contributed by atoms with Gasteiger partial charge in [0.25, 0.3) is 10.0 Å². The van der Waals surface area contributed by atoms with Crippen LogP contribution in [0.15, 0.2) is 41.8 Å². The van der Waals surface area contributed by atoms with Crippen molar-refractivity contribution in [1.82, 2.24) is 9.55 Å². The van der Waals surface area contributed by atoms with E-state index in [2.05, 4.69) is 4.98 Å². The fourth-order valence-corrected chi connectivity index (χ4v) is 2.92. The van der Waals surface area contributed by atoms with Crippen molar-refractivity contribution in [2.45, 2.75) is 25.0 Å². The molecule has 1 aromatic carbocycles. The van der Waals surface area contributed by atoms with Crippen molar-refractivity contribution in [2.75, 3.05) is 11.4 Å². The van der Waals surface area contributed by atoms with Crippen LogP contribution in [0.25, 0.3) is 0 Å². The van der Waals surface area contributed by atoms with Gasteiger partial charge in [-0.05, 0) is 24.6 Å². The number of rotatable bonds is 5. The first-order valence-corrected chi connectivity index (χ1v) is 7.72. The maximum atomic E-state index is 12.5. The van der Waals surface area contributed by atoms with Gasteiger partial charge in [0.15, 0.2) is 5.03 Å². The van der Waals surface area contributed by atoms with Gasteiger partial charge in [0.1, 0.15) is 0 Å². The fourth-order valence-electron chi connectivity index (χ4n) is 1.80. The Kier molecular flexibility index (Phi) is 4.10. The number of anilines is 1. The average Bonchev–Trinajstić information content (AvgIpc) is 2.96. The molecule has 2 N–H and O–H groups in total. The Hall–Kier alpha value is -1.86. The van der Waals surface area contributed by atoms with Crippen LogP contribution in [-0.2, 0) is 23.1 Å². The van der Waals surface area contributed by atoms with Gasteiger partial charge in [-0.2, -0.15) is 8.42 Å². The van der Waals surface area contributed by atoms with Crippen LogP contribution in [0.5, 0.6) is 0 Å². The lowest BCUT2D eigenvalue weighted by Crippen LogP contribution is -2.27. The lowest BCUT2D eigenvalue weighted by Gasteiger charge is -2.18. The molecular formula is C13H18N4O2S. The summed E-state index contributed by atoms with van der Waals surface area (Å²) in [6.07, 6.45) is 3.04. The number of hydrogen-bond acceptors (Lipinski definition) is 4. The van der Waals surface area contributed by atoms with E-state index in [9.17, 15) is 8.42 Å². The first kappa shape index (κ1) is 14.5. The molecule has 2 aromatic rings. The van der Waals surface area contributed by atoms with E-state index in [1.165, 1.54) is 23.9 Å². The van der Waals surface area contributed by atoms with Gasteiger partial charge in [-0.25, -0.2) is 4.98 Å². The average molecular weight is 294 g/mol. The number of aromatic nitrogens is 2. The molecule has 0 aliphatic rings. The van der Waals surface area contributed by atoms with E-state index in [1.807, 2.05) is 13.0 Å². The number of sulfonamides is 1. The molecule has 0 aliphatic heterocycles. The highest BCUT2D eigenvalue weighted by Gasteiger charge is 2.23. The van der Waals surface area contributed by atoms with Crippen LogP contribution in [0, 0.1) is 0 Å². The molecule has 7 heteroatoms. The summed E-state index contributed by atoms with van der Waals surface area (Å²) >= 11 is 0. The Morgan fingerprint density at radius 1 is 1.40 bits per heavy atom. The molecule has 1 aromatic heterocycles. The molecule has 2 rings (SSSR count). The standard InChI is InChI=1S/C13H18N4O2S/c1-3-17-9-13(15-10-17)20(18,19)16(2)12-6-4-5-11(7-12)8-14/h4-7,9-10H,3,8,14H2,1-2H3. The van der Waals surface area contributed by atoms with Crippen LogP contribution in [0.4, 0.5) is 5.69 Å². The molecule has 6 nitrogen and oxygen atoms in total. The van der Waals surface area contributed by atoms with E-state index >= 15 is 0 Å². The molecule has 20 heavy (non-hydrogen) atoms. The van der Waals surface area contributed by atoms with Crippen molar-refractivity contribution < 1.29 is 8.42 Å². The highest BCUT2D eigenvalue weighted by molar-refractivity contribution is 7.92. The monoisotopic (exact) mass is 294 g/mol. The Balaban J connectivity index is 2.37. The first-order valence-electron chi connectivity index (χ1n) is 6.28. The topological polar surface area (TPSA) is 81.2 Å². The van der Waals surface area contributed by atoms with Crippen LogP contribution in [0.3, 0.4) is 0 Å². The SMILES string of the molecule is CCn1cnc(S(=O)(=O)N(C)c2cccc(CN)c2)c1. The fraction of sp³-hybridized carbons (Fsp3) is 0.308. The predicted molar refractivity (Wildman–Crippen MR) is 77.8 cm³/mol. The van der Waals surface area contributed by atoms with Gasteiger partial charge in [-0.15, -0.1) is 0 Å². The summed E-state index contributed by atoms with van der Waals surface area (Å²) in [6, 6.07) is 7.13. The van der Waals surface area contributed by atoms with Gasteiger partial charge in [0, 0.05) is 26.3 Å². The summed E-state index contributed by atoms with van der Waals surface area (Å²) in [5.74, 6) is 0. The van der Waals surface area contributed by atoms with E-state index in [4.69, 9.17) is 5.73 Å². The van der Waals surface area contributed by atoms with Crippen LogP contribution >= 0.6 is 0 Å². The normalized spacial score (nSPS) is 11.6. The zero-order chi connectivity index (χ0) is 14.8. The lowest BCUT2D eigenvalue weighted by atomic mass is 10.2. The third-order valence-corrected chi connectivity index (χ3v) is 4.78. The lowest BCUT2D eigenvalue weighted by molar-refractivity contribution is 0.591. The highest BCUT2D eigenvalue weighted by atomic mass is 32.2. The van der Waals surface area contributed by atoms with Crippen LogP contribution in [-0.4, -0.2) is 25.0 Å². The highest BCUT2D eigenvalue weighted by Crippen LogP contribution is 2.21. The largest absolute Gasteiger partial charge is 0.336 e. The summed E-state index contributed by atoms with van der Waals surface area (Å²) < 4.78 is 27.9. The van der Waals surface area contributed by atoms with Gasteiger partial charge in [0.2, 0.25) is 0 Å². The number of benzene rings is 1. The first-order chi connectivity index (χ1) is 9.48. The molecule has 0 radical (unpaired) electrons. The van der Waals surface area contributed by atoms with E-state index in [1.54, 1.807) is 22.8 Å². The quantitative estimate of drug-likeness (QED) is 0.898. The second kappa shape index (κ2) is 5.64. The summed E-state index contributed by atoms with van der Waals surface area (Å²) in [5, 5.41) is 0.0417. The zero-order valence-electron chi connectivity index (χ0n) is 11.5. The molecule has 0 bridgehead atoms. The Morgan fingerprint density at radius 3 is 2.75 bits per heavy atom. The Bertz CT molecular complexity index is 694. The van der Waals surface area contributed by atoms with E-state index in [0.29, 0.717) is 18.8 Å². The molecule has 0 fully saturated rings. The van der Waals surface area contributed by atoms with E-state index < -0.39 is 10.0 Å². The predicted octanol–water partition coefficient (Wildman–Crippen LogP) is 1.19. The van der Waals surface area contributed by atoms with Crippen molar-refractivity contribution >= 4 is 15.7 Å². The molecular weight excluding hydrogens is 276 g/mol. The van der Waals surface area contributed by atoms with Gasteiger partial charge in [0.05, 0.1) is 12.0 Å². The number of hydrogen-bond donors (Lipinski definition) is 1. The van der Waals surface area contributed by atoms with Crippen LogP contribution in [0.1, 0.15) is 12.5 Å². The number of aryl methyl sites for hydroxylation is 1. The van der Waals surface area contributed by atoms with Crippen LogP contribution < -0.4 is 10.0 Å². The van der Waals surface area contributed by atoms with Crippen molar-refractivity contribution in [2.24, 2.45) is 5.73 Å². The van der Waals surface area contributed by atoms with Crippen molar-refractivity contribution in [1.29, 1.82) is 0 Å². The van der Waals surface area contributed by atoms with Gasteiger partial charge < -0.3 is 10.3 Å². The number of nitrogens with two attached hydrogens (primary N) is 1. The van der Waals surface area contributed by atoms with Crippen molar-refractivity contribution in [3.8, 4) is 0 Å². The molecule has 0 amide bonds. The van der Waals surface area contributed by atoms with Crippen molar-refractivity contribution in [3.05, 3.63) is 42.4 Å². The third-order valence-electron chi connectivity index (χ3n) is 3.11. The summed E-state index contributed by atoms with van der Waals surface area (Å²) in [7, 11) is -2.14. The molecule has 0 aliphatic carbocycles. The second-order valence-corrected chi connectivity index (χ2v) is 6.31. The molecule has 0 unspecified atom stereocenters. The third kappa shape index (κ3) is 2.68. The molecule has 0 atom stereocenters. The van der Waals surface area contributed by atoms with E-state index in [-0.39, 0.29) is 5.03 Å². The minimum atomic E-state index is -3.65. The molecule has 0 spiro atoms. The number of imidazole rings is 1. The smallest absolute Gasteiger partial charge is 0.283 e. The molecule has 0 saturated heterocycles. The van der Waals surface area contributed by atoms with Gasteiger partial charge in [-0.3, -0.25) is 4.31 Å². The maximum Gasteiger partial charge on any atom is 0.283 e. The molecule has 0 saturated carbocycles. The minimum Gasteiger partial charge on any atom is -0.336 e. The maximum absolute atomic E-state index is 12.5. The Morgan fingerprint density at radius 2 is 2.15 bits per heavy atom. The summed E-state index contributed by atoms with van der Waals surface area (Å²) in [5.41, 5.74) is 7.02. The minimum absolute atomic E-state index is 0.0417. The summed E-state index contributed by atoms with van der Waals surface area (Å²) in [6.45, 7) is 2.97. The second-order valence-electron chi connectivity index (χ2n) is 4.39. The van der Waals surface area contributed by atoms with E-state index in [0.717, 1.165) is 5.56 Å². The number of nitrogens with zero attached hydrogens (tertiary/aromatic N) is 3. The van der Waals surface area contributed by atoms with Gasteiger partial charge >= 0.3 is 0 Å². The summed E-state index contributed by atoms with van der Waals surface area (Å²) in [4.78, 5) is 3.96. The van der Waals surface area contributed by atoms with Crippen molar-refractivity contribution in [3.63, 3.8) is 0 Å². The van der Waals surface area contributed by atoms with Gasteiger partial charge in [-0.1, -0.05) is 12.1 Å². The molecule has 108 valence electrons. The Labute approximate surface area is 118 Å². The molecule has 1 heterocycles.